The Labute approximate surface area is 114 Å². The summed E-state index contributed by atoms with van der Waals surface area (Å²) in [5, 5.41) is 5.51. The molecule has 1 unspecified atom stereocenters. The highest BCUT2D eigenvalue weighted by Gasteiger charge is 2.35. The van der Waals surface area contributed by atoms with E-state index >= 15 is 0 Å². The molecule has 4 heteroatoms. The molecule has 1 aliphatic carbocycles. The number of amidine groups is 1. The second kappa shape index (κ2) is 7.57. The quantitative estimate of drug-likeness (QED) is 0.686. The predicted octanol–water partition coefficient (Wildman–Crippen LogP) is 3.38. The number of hydrogen-bond donors (Lipinski definition) is 1. The van der Waals surface area contributed by atoms with Gasteiger partial charge in [0.1, 0.15) is 0 Å². The lowest BCUT2D eigenvalue weighted by atomic mass is 10.2. The van der Waals surface area contributed by atoms with Crippen LogP contribution in [0.2, 0.25) is 0 Å². The minimum atomic E-state index is 0.805. The first-order valence-corrected chi connectivity index (χ1v) is 9.11. The predicted molar refractivity (Wildman–Crippen MR) is 81.3 cm³/mol. The maximum Gasteiger partial charge on any atom is 0.156 e. The lowest BCUT2D eigenvalue weighted by Gasteiger charge is -2.07. The van der Waals surface area contributed by atoms with Gasteiger partial charge in [0.25, 0.3) is 0 Å². The van der Waals surface area contributed by atoms with Gasteiger partial charge in [-0.1, -0.05) is 24.6 Å². The topological polar surface area (TPSA) is 24.4 Å². The molecule has 1 atom stereocenters. The van der Waals surface area contributed by atoms with Crippen molar-refractivity contribution in [3.63, 3.8) is 0 Å². The summed E-state index contributed by atoms with van der Waals surface area (Å²) in [6.07, 6.45) is 10.5. The Morgan fingerprint density at radius 1 is 1.29 bits per heavy atom. The van der Waals surface area contributed by atoms with E-state index in [0.717, 1.165) is 24.3 Å². The highest BCUT2D eigenvalue weighted by molar-refractivity contribution is 8.14. The normalized spacial score (nSPS) is 23.8. The Morgan fingerprint density at radius 2 is 2.12 bits per heavy atom. The molecule has 0 aromatic rings. The van der Waals surface area contributed by atoms with Crippen LogP contribution in [0.1, 0.15) is 38.5 Å². The highest BCUT2D eigenvalue weighted by atomic mass is 32.2. The maximum absolute atomic E-state index is 4.59. The first-order valence-electron chi connectivity index (χ1n) is 6.84. The first kappa shape index (κ1) is 13.6. The molecule has 1 fully saturated rings. The van der Waals surface area contributed by atoms with Gasteiger partial charge in [-0.3, -0.25) is 4.99 Å². The Kier molecular flexibility index (Phi) is 6.06. The van der Waals surface area contributed by atoms with E-state index in [0.29, 0.717) is 0 Å². The van der Waals surface area contributed by atoms with E-state index in [1.807, 2.05) is 23.5 Å². The molecular weight excluding hydrogens is 248 g/mol. The Balaban J connectivity index is 1.43. The zero-order chi connectivity index (χ0) is 11.9. The van der Waals surface area contributed by atoms with Crippen molar-refractivity contribution in [2.75, 3.05) is 25.1 Å². The molecule has 0 saturated heterocycles. The number of hydrogen-bond acceptors (Lipinski definition) is 4. The van der Waals surface area contributed by atoms with Crippen molar-refractivity contribution in [2.24, 2.45) is 10.9 Å². The van der Waals surface area contributed by atoms with Gasteiger partial charge >= 0.3 is 0 Å². The molecular formula is C13H24N2S2. The van der Waals surface area contributed by atoms with E-state index in [1.54, 1.807) is 0 Å². The van der Waals surface area contributed by atoms with Gasteiger partial charge in [-0.15, -0.1) is 0 Å². The van der Waals surface area contributed by atoms with Crippen LogP contribution in [0, 0.1) is 5.92 Å². The summed E-state index contributed by atoms with van der Waals surface area (Å²) in [5.74, 6) is 2.30. The van der Waals surface area contributed by atoms with Crippen LogP contribution in [0.25, 0.3) is 0 Å². The average molecular weight is 272 g/mol. The Hall–Kier alpha value is 0.170. The molecule has 0 aromatic carbocycles. The fourth-order valence-electron chi connectivity index (χ4n) is 2.12. The second-order valence-corrected chi connectivity index (χ2v) is 7.19. The van der Waals surface area contributed by atoms with Crippen molar-refractivity contribution in [3.8, 4) is 0 Å². The number of aliphatic imine (C=N–C) groups is 1. The molecule has 0 radical (unpaired) electrons. The van der Waals surface area contributed by atoms with Crippen LogP contribution < -0.4 is 5.32 Å². The molecule has 2 nitrogen and oxygen atoms in total. The first-order chi connectivity index (χ1) is 8.40. The third-order valence-electron chi connectivity index (χ3n) is 3.38. The zero-order valence-electron chi connectivity index (χ0n) is 10.8. The molecule has 0 amide bonds. The van der Waals surface area contributed by atoms with E-state index in [9.17, 15) is 0 Å². The van der Waals surface area contributed by atoms with Gasteiger partial charge in [0, 0.05) is 11.8 Å². The van der Waals surface area contributed by atoms with Crippen LogP contribution in [0.4, 0.5) is 0 Å². The van der Waals surface area contributed by atoms with Crippen molar-refractivity contribution < 1.29 is 0 Å². The van der Waals surface area contributed by atoms with Crippen molar-refractivity contribution >= 4 is 28.7 Å². The van der Waals surface area contributed by atoms with Crippen LogP contribution in [-0.2, 0) is 0 Å². The zero-order valence-corrected chi connectivity index (χ0v) is 12.4. The van der Waals surface area contributed by atoms with E-state index in [4.69, 9.17) is 0 Å². The molecule has 2 aliphatic rings. The minimum absolute atomic E-state index is 0.805. The third-order valence-corrected chi connectivity index (χ3v) is 5.41. The SMILES string of the molecule is CSCCCCCCNC1=NCC(C2CC2)S1. The largest absolute Gasteiger partial charge is 0.365 e. The smallest absolute Gasteiger partial charge is 0.156 e. The van der Waals surface area contributed by atoms with Crippen molar-refractivity contribution in [1.29, 1.82) is 0 Å². The molecule has 0 aromatic heterocycles. The number of nitrogens with zero attached hydrogens (tertiary/aromatic N) is 1. The van der Waals surface area contributed by atoms with Gasteiger partial charge in [0.05, 0.1) is 6.54 Å². The highest BCUT2D eigenvalue weighted by Crippen LogP contribution is 2.41. The molecule has 0 bridgehead atoms. The summed E-state index contributed by atoms with van der Waals surface area (Å²) >= 11 is 3.95. The Bertz CT molecular complexity index is 252. The van der Waals surface area contributed by atoms with E-state index < -0.39 is 0 Å². The molecule has 2 rings (SSSR count). The standard InChI is InChI=1S/C13H24N2S2/c1-16-9-5-3-2-4-8-14-13-15-10-12(17-13)11-6-7-11/h11-12H,2-10H2,1H3,(H,14,15). The molecule has 1 N–H and O–H groups in total. The Morgan fingerprint density at radius 3 is 2.88 bits per heavy atom. The third kappa shape index (κ3) is 5.12. The second-order valence-electron chi connectivity index (χ2n) is 4.97. The fraction of sp³-hybridized carbons (Fsp3) is 0.923. The van der Waals surface area contributed by atoms with Gasteiger partial charge in [-0.05, 0) is 43.6 Å². The molecule has 1 aliphatic heterocycles. The van der Waals surface area contributed by atoms with Gasteiger partial charge in [0.2, 0.25) is 0 Å². The van der Waals surface area contributed by atoms with Crippen molar-refractivity contribution in [2.45, 2.75) is 43.8 Å². The fourth-order valence-corrected chi connectivity index (χ4v) is 3.85. The van der Waals surface area contributed by atoms with Crippen molar-refractivity contribution in [3.05, 3.63) is 0 Å². The summed E-state index contributed by atoms with van der Waals surface area (Å²) < 4.78 is 0. The van der Waals surface area contributed by atoms with Crippen LogP contribution in [-0.4, -0.2) is 35.5 Å². The number of thioether (sulfide) groups is 2. The van der Waals surface area contributed by atoms with Gasteiger partial charge in [-0.2, -0.15) is 11.8 Å². The number of rotatable bonds is 8. The van der Waals surface area contributed by atoms with Gasteiger partial charge in [0.15, 0.2) is 5.17 Å². The minimum Gasteiger partial charge on any atom is -0.365 e. The summed E-state index contributed by atoms with van der Waals surface area (Å²) in [6.45, 7) is 2.17. The van der Waals surface area contributed by atoms with Crippen LogP contribution in [0.3, 0.4) is 0 Å². The molecule has 1 saturated carbocycles. The van der Waals surface area contributed by atoms with E-state index in [1.165, 1.54) is 49.4 Å². The lowest BCUT2D eigenvalue weighted by Crippen LogP contribution is -2.20. The average Bonchev–Trinajstić information content (AvgIpc) is 3.09. The molecule has 0 spiro atoms. The van der Waals surface area contributed by atoms with Crippen LogP contribution >= 0.6 is 23.5 Å². The summed E-state index contributed by atoms with van der Waals surface area (Å²) in [7, 11) is 0. The number of unbranched alkanes of at least 4 members (excludes halogenated alkanes) is 3. The lowest BCUT2D eigenvalue weighted by molar-refractivity contribution is 0.658. The summed E-state index contributed by atoms with van der Waals surface area (Å²) in [6, 6.07) is 0. The molecule has 1 heterocycles. The maximum atomic E-state index is 4.59. The van der Waals surface area contributed by atoms with Crippen molar-refractivity contribution in [1.82, 2.24) is 5.32 Å². The van der Waals surface area contributed by atoms with Gasteiger partial charge in [-0.25, -0.2) is 0 Å². The summed E-state index contributed by atoms with van der Waals surface area (Å²) in [4.78, 5) is 4.59. The van der Waals surface area contributed by atoms with Crippen LogP contribution in [0.5, 0.6) is 0 Å². The van der Waals surface area contributed by atoms with E-state index in [2.05, 4.69) is 16.6 Å². The van der Waals surface area contributed by atoms with E-state index in [-0.39, 0.29) is 0 Å². The summed E-state index contributed by atoms with van der Waals surface area (Å²) in [5.41, 5.74) is 0. The monoisotopic (exact) mass is 272 g/mol. The number of nitrogens with one attached hydrogen (secondary N) is 1. The molecule has 17 heavy (non-hydrogen) atoms. The van der Waals surface area contributed by atoms with Gasteiger partial charge < -0.3 is 5.32 Å². The molecule has 98 valence electrons. The van der Waals surface area contributed by atoms with Crippen LogP contribution in [0.15, 0.2) is 4.99 Å².